The first-order chi connectivity index (χ1) is 4.41. The molecule has 0 atom stereocenters. The molecule has 0 saturated heterocycles. The normalized spacial score (nSPS) is 9.18. The first-order valence-corrected chi connectivity index (χ1v) is 4.54. The minimum Gasteiger partial charge on any atom is -0.332 e. The van der Waals surface area contributed by atoms with Gasteiger partial charge in [0.1, 0.15) is 0 Å². The standard InChI is InChI=1S/C5H11.K.H3O4P/c1-3-5-4-2;;1-5(2,3)4/h3H,4-5H2,1-2H3;;(H3,1,2,3,4)/q-1;+1;. The molecular weight excluding hydrogens is 194 g/mol. The molecule has 0 amide bonds. The first kappa shape index (κ1) is 18.5. The second-order valence-corrected chi connectivity index (χ2v) is 2.74. The molecule has 64 valence electrons. The van der Waals surface area contributed by atoms with Crippen LogP contribution in [0.4, 0.5) is 0 Å². The van der Waals surface area contributed by atoms with Crippen molar-refractivity contribution in [1.29, 1.82) is 0 Å². The van der Waals surface area contributed by atoms with Crippen molar-refractivity contribution in [3.05, 3.63) is 6.42 Å². The molecule has 4 nitrogen and oxygen atoms in total. The van der Waals surface area contributed by atoms with Crippen molar-refractivity contribution in [3.63, 3.8) is 0 Å². The van der Waals surface area contributed by atoms with Gasteiger partial charge in [-0.2, -0.15) is 13.3 Å². The van der Waals surface area contributed by atoms with Crippen LogP contribution in [0.5, 0.6) is 0 Å². The van der Waals surface area contributed by atoms with Gasteiger partial charge in [0.15, 0.2) is 0 Å². The van der Waals surface area contributed by atoms with E-state index in [2.05, 4.69) is 20.3 Å². The summed E-state index contributed by atoms with van der Waals surface area (Å²) in [5, 5.41) is 0. The Labute approximate surface area is 110 Å². The Kier molecular flexibility index (Phi) is 19.8. The summed E-state index contributed by atoms with van der Waals surface area (Å²) in [6, 6.07) is 0. The van der Waals surface area contributed by atoms with E-state index < -0.39 is 7.82 Å². The SMILES string of the molecule is C[CH-]CCC.O=P(O)(O)O.[K+]. The quantitative estimate of drug-likeness (QED) is 0.281. The zero-order valence-corrected chi connectivity index (χ0v) is 11.2. The van der Waals surface area contributed by atoms with Crippen molar-refractivity contribution in [3.8, 4) is 0 Å². The van der Waals surface area contributed by atoms with E-state index in [0.29, 0.717) is 0 Å². The van der Waals surface area contributed by atoms with Gasteiger partial charge in [0.2, 0.25) is 0 Å². The van der Waals surface area contributed by atoms with Crippen molar-refractivity contribution in [2.24, 2.45) is 0 Å². The van der Waals surface area contributed by atoms with Gasteiger partial charge in [-0.3, -0.25) is 0 Å². The van der Waals surface area contributed by atoms with Crippen LogP contribution in [0.2, 0.25) is 0 Å². The molecule has 0 radical (unpaired) electrons. The Morgan fingerprint density at radius 1 is 1.36 bits per heavy atom. The average molecular weight is 208 g/mol. The Morgan fingerprint density at radius 3 is 1.64 bits per heavy atom. The van der Waals surface area contributed by atoms with E-state index in [0.717, 1.165) is 0 Å². The molecular formula is C5H14KO4P. The maximum absolute atomic E-state index is 8.88. The molecule has 0 spiro atoms. The summed E-state index contributed by atoms with van der Waals surface area (Å²) < 4.78 is 8.88. The minimum absolute atomic E-state index is 0. The largest absolute Gasteiger partial charge is 1.00 e. The Hall–Kier alpha value is 1.75. The number of unbranched alkanes of at least 4 members (excludes halogenated alkanes) is 2. The third-order valence-corrected chi connectivity index (χ3v) is 0.577. The third kappa shape index (κ3) is 79.5. The molecule has 0 aromatic carbocycles. The van der Waals surface area contributed by atoms with Crippen LogP contribution in [0.25, 0.3) is 0 Å². The minimum atomic E-state index is -4.64. The topological polar surface area (TPSA) is 77.8 Å². The van der Waals surface area contributed by atoms with Gasteiger partial charge in [0, 0.05) is 0 Å². The van der Waals surface area contributed by atoms with E-state index in [-0.39, 0.29) is 51.4 Å². The molecule has 0 bridgehead atoms. The predicted molar refractivity (Wildman–Crippen MR) is 39.1 cm³/mol. The van der Waals surface area contributed by atoms with Gasteiger partial charge in [-0.05, 0) is 0 Å². The monoisotopic (exact) mass is 208 g/mol. The summed E-state index contributed by atoms with van der Waals surface area (Å²) in [7, 11) is -4.64. The van der Waals surface area contributed by atoms with Gasteiger partial charge in [0.05, 0.1) is 0 Å². The van der Waals surface area contributed by atoms with Gasteiger partial charge in [0.25, 0.3) is 0 Å². The fourth-order valence-electron chi connectivity index (χ4n) is 0.289. The van der Waals surface area contributed by atoms with E-state index in [1.807, 2.05) is 0 Å². The summed E-state index contributed by atoms with van der Waals surface area (Å²) in [4.78, 5) is 21.6. The summed E-state index contributed by atoms with van der Waals surface area (Å²) in [6.07, 6.45) is 4.73. The number of hydrogen-bond acceptors (Lipinski definition) is 1. The Morgan fingerprint density at radius 2 is 1.64 bits per heavy atom. The van der Waals surface area contributed by atoms with E-state index in [4.69, 9.17) is 19.2 Å². The average Bonchev–Trinajstić information content (AvgIpc) is 1.63. The predicted octanol–water partition coefficient (Wildman–Crippen LogP) is -1.91. The number of phosphoric acid groups is 1. The summed E-state index contributed by atoms with van der Waals surface area (Å²) in [5.41, 5.74) is 0. The zero-order chi connectivity index (χ0) is 8.62. The maximum atomic E-state index is 8.88. The van der Waals surface area contributed by atoms with Crippen LogP contribution >= 0.6 is 7.82 Å². The molecule has 0 rings (SSSR count). The second kappa shape index (κ2) is 11.7. The maximum Gasteiger partial charge on any atom is 1.00 e. The van der Waals surface area contributed by atoms with E-state index in [9.17, 15) is 0 Å². The molecule has 0 unspecified atom stereocenters. The van der Waals surface area contributed by atoms with E-state index in [1.54, 1.807) is 0 Å². The van der Waals surface area contributed by atoms with Crippen molar-refractivity contribution in [2.75, 3.05) is 0 Å². The van der Waals surface area contributed by atoms with Gasteiger partial charge in [-0.25, -0.2) is 4.57 Å². The molecule has 0 aliphatic heterocycles. The molecule has 11 heavy (non-hydrogen) atoms. The van der Waals surface area contributed by atoms with Crippen molar-refractivity contribution >= 4 is 7.82 Å². The molecule has 0 aromatic heterocycles. The van der Waals surface area contributed by atoms with Crippen molar-refractivity contribution in [1.82, 2.24) is 0 Å². The van der Waals surface area contributed by atoms with Gasteiger partial charge < -0.3 is 21.1 Å². The van der Waals surface area contributed by atoms with Gasteiger partial charge in [-0.1, -0.05) is 13.3 Å². The fourth-order valence-corrected chi connectivity index (χ4v) is 0.289. The van der Waals surface area contributed by atoms with Crippen LogP contribution in [-0.4, -0.2) is 14.7 Å². The molecule has 0 aliphatic carbocycles. The summed E-state index contributed by atoms with van der Waals surface area (Å²) in [5.74, 6) is 0. The molecule has 3 N–H and O–H groups in total. The summed E-state index contributed by atoms with van der Waals surface area (Å²) >= 11 is 0. The van der Waals surface area contributed by atoms with Crippen molar-refractivity contribution < 1.29 is 70.6 Å². The smallest absolute Gasteiger partial charge is 0.332 e. The number of hydrogen-bond donors (Lipinski definition) is 3. The van der Waals surface area contributed by atoms with Crippen LogP contribution < -0.4 is 51.4 Å². The second-order valence-electron chi connectivity index (χ2n) is 1.71. The van der Waals surface area contributed by atoms with E-state index >= 15 is 0 Å². The first-order valence-electron chi connectivity index (χ1n) is 2.98. The number of rotatable bonds is 2. The zero-order valence-electron chi connectivity index (χ0n) is 7.19. The Balaban J connectivity index is -0.000000107. The van der Waals surface area contributed by atoms with Crippen LogP contribution in [-0.2, 0) is 4.57 Å². The molecule has 6 heteroatoms. The van der Waals surface area contributed by atoms with Gasteiger partial charge in [-0.15, -0.1) is 0 Å². The fraction of sp³-hybridized carbons (Fsp3) is 0.800. The molecule has 0 aromatic rings. The van der Waals surface area contributed by atoms with Gasteiger partial charge >= 0.3 is 59.2 Å². The summed E-state index contributed by atoms with van der Waals surface area (Å²) in [6.45, 7) is 4.27. The Bertz CT molecular complexity index is 92.4. The molecule has 0 saturated carbocycles. The molecule has 0 aliphatic rings. The van der Waals surface area contributed by atoms with Crippen LogP contribution in [0.15, 0.2) is 0 Å². The third-order valence-electron chi connectivity index (χ3n) is 0.577. The van der Waals surface area contributed by atoms with E-state index in [1.165, 1.54) is 12.8 Å². The van der Waals surface area contributed by atoms with Crippen LogP contribution in [0, 0.1) is 6.42 Å². The molecule has 0 fully saturated rings. The molecule has 0 heterocycles. The van der Waals surface area contributed by atoms with Crippen molar-refractivity contribution in [2.45, 2.75) is 26.7 Å². The van der Waals surface area contributed by atoms with Crippen LogP contribution in [0.1, 0.15) is 26.7 Å². The van der Waals surface area contributed by atoms with Crippen LogP contribution in [0.3, 0.4) is 0 Å².